The van der Waals surface area contributed by atoms with Gasteiger partial charge in [-0.25, -0.2) is 4.39 Å². The number of rotatable bonds is 6. The molecule has 0 aliphatic heterocycles. The van der Waals surface area contributed by atoms with Crippen LogP contribution in [0, 0.1) is 5.82 Å². The molecule has 1 aromatic heterocycles. The monoisotopic (exact) mass is 359 g/mol. The molecule has 8 heteroatoms. The van der Waals surface area contributed by atoms with Gasteiger partial charge in [-0.05, 0) is 60.0 Å². The molecule has 0 saturated carbocycles. The number of phenolic OH excluding ortho intramolecular Hbond substituents is 1. The summed E-state index contributed by atoms with van der Waals surface area (Å²) in [5.74, 6) is 0.510. The maximum atomic E-state index is 12.9. The van der Waals surface area contributed by atoms with E-state index in [1.165, 1.54) is 12.1 Å². The van der Waals surface area contributed by atoms with Crippen molar-refractivity contribution in [2.75, 3.05) is 17.2 Å². The largest absolute Gasteiger partial charge is 0.508 e. The lowest BCUT2D eigenvalue weighted by Crippen LogP contribution is -2.10. The van der Waals surface area contributed by atoms with Crippen molar-refractivity contribution in [3.8, 4) is 5.75 Å². The maximum Gasteiger partial charge on any atom is 0.233 e. The Labute approximate surface area is 148 Å². The highest BCUT2D eigenvalue weighted by Crippen LogP contribution is 2.16. The lowest BCUT2D eigenvalue weighted by atomic mass is 10.1. The van der Waals surface area contributed by atoms with Crippen LogP contribution in [0.2, 0.25) is 5.28 Å². The van der Waals surface area contributed by atoms with Gasteiger partial charge in [-0.15, -0.1) is 0 Å². The highest BCUT2D eigenvalue weighted by atomic mass is 35.5. The minimum absolute atomic E-state index is 0.0479. The van der Waals surface area contributed by atoms with Gasteiger partial charge in [0.05, 0.1) is 0 Å². The van der Waals surface area contributed by atoms with Crippen molar-refractivity contribution in [3.05, 3.63) is 65.2 Å². The van der Waals surface area contributed by atoms with Crippen molar-refractivity contribution < 1.29 is 9.50 Å². The van der Waals surface area contributed by atoms with E-state index in [9.17, 15) is 9.50 Å². The molecule has 2 aromatic carbocycles. The Balaban J connectivity index is 1.62. The van der Waals surface area contributed by atoms with Gasteiger partial charge in [-0.3, -0.25) is 0 Å². The third-order valence-corrected chi connectivity index (χ3v) is 3.51. The molecule has 0 aliphatic carbocycles. The summed E-state index contributed by atoms with van der Waals surface area (Å²) in [7, 11) is 0. The molecule has 0 atom stereocenters. The Morgan fingerprint density at radius 1 is 0.920 bits per heavy atom. The normalized spacial score (nSPS) is 10.5. The molecular formula is C17H15ClFN5O. The zero-order valence-electron chi connectivity index (χ0n) is 13.1. The van der Waals surface area contributed by atoms with E-state index in [1.54, 1.807) is 24.3 Å². The standard InChI is InChI=1S/C17H15ClFN5O/c18-15-22-16(20-10-9-11-1-7-14(25)8-2-11)24-17(23-15)21-13-5-3-12(19)4-6-13/h1-8,25H,9-10H2,(H2,20,21,22,23,24). The van der Waals surface area contributed by atoms with Gasteiger partial charge in [-0.2, -0.15) is 15.0 Å². The first-order chi connectivity index (χ1) is 12.1. The van der Waals surface area contributed by atoms with Crippen molar-refractivity contribution in [1.82, 2.24) is 15.0 Å². The van der Waals surface area contributed by atoms with Gasteiger partial charge in [0, 0.05) is 12.2 Å². The first kappa shape index (κ1) is 16.9. The first-order valence-corrected chi connectivity index (χ1v) is 7.92. The summed E-state index contributed by atoms with van der Waals surface area (Å²) in [6.07, 6.45) is 0.726. The van der Waals surface area contributed by atoms with Gasteiger partial charge in [0.2, 0.25) is 17.2 Å². The van der Waals surface area contributed by atoms with Gasteiger partial charge < -0.3 is 15.7 Å². The van der Waals surface area contributed by atoms with E-state index in [1.807, 2.05) is 12.1 Å². The molecule has 0 radical (unpaired) electrons. The SMILES string of the molecule is Oc1ccc(CCNc2nc(Cl)nc(Nc3ccc(F)cc3)n2)cc1. The zero-order chi connectivity index (χ0) is 17.6. The van der Waals surface area contributed by atoms with Crippen LogP contribution in [0.25, 0.3) is 0 Å². The fraction of sp³-hybridized carbons (Fsp3) is 0.118. The second-order valence-electron chi connectivity index (χ2n) is 5.23. The van der Waals surface area contributed by atoms with Crippen molar-refractivity contribution >= 4 is 29.2 Å². The molecule has 0 fully saturated rings. The van der Waals surface area contributed by atoms with E-state index in [0.29, 0.717) is 18.2 Å². The quantitative estimate of drug-likeness (QED) is 0.621. The Hall–Kier alpha value is -2.93. The molecule has 3 rings (SSSR count). The lowest BCUT2D eigenvalue weighted by molar-refractivity contribution is 0.475. The molecular weight excluding hydrogens is 345 g/mol. The number of nitrogens with one attached hydrogen (secondary N) is 2. The van der Waals surface area contributed by atoms with Crippen LogP contribution in [-0.4, -0.2) is 26.6 Å². The third kappa shape index (κ3) is 5.02. The molecule has 0 unspecified atom stereocenters. The first-order valence-electron chi connectivity index (χ1n) is 7.54. The molecule has 25 heavy (non-hydrogen) atoms. The van der Waals surface area contributed by atoms with Crippen molar-refractivity contribution in [2.45, 2.75) is 6.42 Å². The topological polar surface area (TPSA) is 83.0 Å². The molecule has 128 valence electrons. The predicted octanol–water partition coefficient (Wildman–Crippen LogP) is 3.77. The molecule has 0 aliphatic rings. The maximum absolute atomic E-state index is 12.9. The second kappa shape index (κ2) is 7.76. The van der Waals surface area contributed by atoms with E-state index in [-0.39, 0.29) is 22.8 Å². The number of halogens is 2. The summed E-state index contributed by atoms with van der Waals surface area (Å²) in [4.78, 5) is 12.3. The van der Waals surface area contributed by atoms with E-state index in [2.05, 4.69) is 25.6 Å². The van der Waals surface area contributed by atoms with Gasteiger partial charge >= 0.3 is 0 Å². The van der Waals surface area contributed by atoms with E-state index >= 15 is 0 Å². The van der Waals surface area contributed by atoms with Crippen LogP contribution < -0.4 is 10.6 Å². The van der Waals surface area contributed by atoms with Crippen LogP contribution in [0.4, 0.5) is 22.0 Å². The molecule has 0 amide bonds. The average molecular weight is 360 g/mol. The number of benzene rings is 2. The Morgan fingerprint density at radius 3 is 2.32 bits per heavy atom. The summed E-state index contributed by atoms with van der Waals surface area (Å²) < 4.78 is 12.9. The van der Waals surface area contributed by atoms with Gasteiger partial charge in [0.25, 0.3) is 0 Å². The number of phenols is 1. The van der Waals surface area contributed by atoms with Crippen LogP contribution >= 0.6 is 11.6 Å². The van der Waals surface area contributed by atoms with Crippen LogP contribution in [0.1, 0.15) is 5.56 Å². The molecule has 6 nitrogen and oxygen atoms in total. The fourth-order valence-electron chi connectivity index (χ4n) is 2.13. The Kier molecular flexibility index (Phi) is 5.25. The van der Waals surface area contributed by atoms with Crippen molar-refractivity contribution in [1.29, 1.82) is 0 Å². The Bertz CT molecular complexity index is 843. The molecule has 0 spiro atoms. The van der Waals surface area contributed by atoms with Crippen LogP contribution in [0.5, 0.6) is 5.75 Å². The summed E-state index contributed by atoms with van der Waals surface area (Å²) >= 11 is 5.92. The highest BCUT2D eigenvalue weighted by molar-refractivity contribution is 6.28. The van der Waals surface area contributed by atoms with E-state index in [0.717, 1.165) is 12.0 Å². The number of hydrogen-bond acceptors (Lipinski definition) is 6. The minimum Gasteiger partial charge on any atom is -0.508 e. The molecule has 0 saturated heterocycles. The van der Waals surface area contributed by atoms with Gasteiger partial charge in [0.1, 0.15) is 11.6 Å². The van der Waals surface area contributed by atoms with Gasteiger partial charge in [-0.1, -0.05) is 12.1 Å². The van der Waals surface area contributed by atoms with Crippen molar-refractivity contribution in [3.63, 3.8) is 0 Å². The van der Waals surface area contributed by atoms with Crippen LogP contribution in [0.3, 0.4) is 0 Å². The van der Waals surface area contributed by atoms with Gasteiger partial charge in [0.15, 0.2) is 0 Å². The lowest BCUT2D eigenvalue weighted by Gasteiger charge is -2.08. The van der Waals surface area contributed by atoms with Crippen LogP contribution in [0.15, 0.2) is 48.5 Å². The summed E-state index contributed by atoms with van der Waals surface area (Å²) in [5.41, 5.74) is 1.70. The molecule has 3 aromatic rings. The number of aromatic hydroxyl groups is 1. The minimum atomic E-state index is -0.323. The van der Waals surface area contributed by atoms with Crippen molar-refractivity contribution in [2.24, 2.45) is 0 Å². The number of nitrogens with zero attached hydrogens (tertiary/aromatic N) is 3. The summed E-state index contributed by atoms with van der Waals surface area (Å²) in [5, 5.41) is 15.3. The smallest absolute Gasteiger partial charge is 0.233 e. The summed E-state index contributed by atoms with van der Waals surface area (Å²) in [6.45, 7) is 0.584. The number of aromatic nitrogens is 3. The fourth-order valence-corrected chi connectivity index (χ4v) is 2.29. The number of anilines is 3. The van der Waals surface area contributed by atoms with Crippen LogP contribution in [-0.2, 0) is 6.42 Å². The summed E-state index contributed by atoms with van der Waals surface area (Å²) in [6, 6.07) is 12.8. The second-order valence-corrected chi connectivity index (χ2v) is 5.56. The predicted molar refractivity (Wildman–Crippen MR) is 94.8 cm³/mol. The molecule has 1 heterocycles. The number of hydrogen-bond donors (Lipinski definition) is 3. The Morgan fingerprint density at radius 2 is 1.60 bits per heavy atom. The third-order valence-electron chi connectivity index (χ3n) is 3.34. The zero-order valence-corrected chi connectivity index (χ0v) is 13.8. The average Bonchev–Trinajstić information content (AvgIpc) is 2.58. The van der Waals surface area contributed by atoms with E-state index < -0.39 is 0 Å². The highest BCUT2D eigenvalue weighted by Gasteiger charge is 2.06. The van der Waals surface area contributed by atoms with E-state index in [4.69, 9.17) is 11.6 Å². The molecule has 0 bridgehead atoms. The molecule has 3 N–H and O–H groups in total.